The Balaban J connectivity index is 1.84. The molecule has 1 aliphatic heterocycles. The average Bonchev–Trinajstić information content (AvgIpc) is 3.21. The Bertz CT molecular complexity index is 1220. The Labute approximate surface area is 170 Å². The molecule has 0 saturated carbocycles. The van der Waals surface area contributed by atoms with Gasteiger partial charge in [0, 0.05) is 12.1 Å². The Hall–Kier alpha value is -4.39. The number of nitrogens with zero attached hydrogens (tertiary/aromatic N) is 5. The third-order valence-corrected chi connectivity index (χ3v) is 4.56. The highest BCUT2D eigenvalue weighted by Crippen LogP contribution is 2.35. The fraction of sp³-hybridized carbons (Fsp3) is 0.150. The van der Waals surface area contributed by atoms with Crippen molar-refractivity contribution in [2.24, 2.45) is 0 Å². The molecule has 2 aromatic carbocycles. The number of aromatic nitrogens is 3. The summed E-state index contributed by atoms with van der Waals surface area (Å²) in [5, 5.41) is 29.2. The first-order valence-electron chi connectivity index (χ1n) is 8.75. The smallest absolute Gasteiger partial charge is 0.271 e. The lowest BCUT2D eigenvalue weighted by Crippen LogP contribution is -2.15. The number of rotatable bonds is 5. The number of nitro benzene ring substituents is 1. The van der Waals surface area contributed by atoms with Gasteiger partial charge in [-0.3, -0.25) is 14.7 Å². The van der Waals surface area contributed by atoms with Gasteiger partial charge in [0.1, 0.15) is 18.4 Å². The molecule has 30 heavy (non-hydrogen) atoms. The van der Waals surface area contributed by atoms with E-state index in [4.69, 9.17) is 14.2 Å². The van der Waals surface area contributed by atoms with Crippen LogP contribution in [-0.2, 0) is 6.61 Å². The summed E-state index contributed by atoms with van der Waals surface area (Å²) in [5.41, 5.74) is 1.21. The molecule has 0 atom stereocenters. The maximum absolute atomic E-state index is 11.2. The summed E-state index contributed by atoms with van der Waals surface area (Å²) >= 11 is 0. The molecule has 1 aromatic heterocycles. The number of ether oxygens (including phenoxy) is 3. The van der Waals surface area contributed by atoms with Gasteiger partial charge < -0.3 is 14.2 Å². The first-order valence-corrected chi connectivity index (χ1v) is 8.75. The van der Waals surface area contributed by atoms with E-state index in [9.17, 15) is 15.4 Å². The molecule has 4 rings (SSSR count). The fourth-order valence-corrected chi connectivity index (χ4v) is 3.15. The summed E-state index contributed by atoms with van der Waals surface area (Å²) in [5.74, 6) is 2.21. The maximum Gasteiger partial charge on any atom is 0.271 e. The van der Waals surface area contributed by atoms with E-state index in [2.05, 4.69) is 16.3 Å². The molecular weight excluding hydrogens is 390 g/mol. The molecule has 0 fully saturated rings. The van der Waals surface area contributed by atoms with Crippen LogP contribution >= 0.6 is 0 Å². The lowest BCUT2D eigenvalue weighted by molar-refractivity contribution is -0.384. The largest absolute Gasteiger partial charge is 0.493 e. The average molecular weight is 405 g/mol. The predicted octanol–water partition coefficient (Wildman–Crippen LogP) is 3.15. The molecule has 0 unspecified atom stereocenters. The molecule has 10 heteroatoms. The number of allylic oxidation sites excluding steroid dienone is 1. The number of non-ortho nitro benzene ring substituents is 1. The van der Waals surface area contributed by atoms with Crippen LogP contribution in [-0.4, -0.2) is 33.9 Å². The minimum absolute atomic E-state index is 0.104. The molecular formula is C20H15N5O5. The minimum Gasteiger partial charge on any atom is -0.493 e. The normalized spacial score (nSPS) is 12.2. The van der Waals surface area contributed by atoms with E-state index >= 15 is 0 Å². The lowest BCUT2D eigenvalue weighted by Gasteiger charge is -2.19. The van der Waals surface area contributed by atoms with Gasteiger partial charge in [0.15, 0.2) is 23.1 Å². The van der Waals surface area contributed by atoms with Crippen LogP contribution in [0.25, 0.3) is 17.3 Å². The van der Waals surface area contributed by atoms with E-state index in [1.54, 1.807) is 28.8 Å². The summed E-state index contributed by atoms with van der Waals surface area (Å²) in [7, 11) is 3.06. The second kappa shape index (κ2) is 7.56. The van der Waals surface area contributed by atoms with Crippen LogP contribution in [0.15, 0.2) is 36.4 Å². The van der Waals surface area contributed by atoms with Crippen LogP contribution in [0.4, 0.5) is 5.69 Å². The number of hydrogen-bond donors (Lipinski definition) is 0. The zero-order chi connectivity index (χ0) is 21.3. The van der Waals surface area contributed by atoms with Crippen molar-refractivity contribution in [2.75, 3.05) is 14.2 Å². The third-order valence-electron chi connectivity index (χ3n) is 4.56. The fourth-order valence-electron chi connectivity index (χ4n) is 3.15. The van der Waals surface area contributed by atoms with Crippen molar-refractivity contribution in [1.82, 2.24) is 14.8 Å². The Morgan fingerprint density at radius 2 is 2.03 bits per heavy atom. The van der Waals surface area contributed by atoms with E-state index in [1.165, 1.54) is 32.4 Å². The van der Waals surface area contributed by atoms with Crippen LogP contribution in [0, 0.1) is 21.4 Å². The second-order valence-electron chi connectivity index (χ2n) is 6.26. The van der Waals surface area contributed by atoms with Crippen LogP contribution < -0.4 is 14.2 Å². The lowest BCUT2D eigenvalue weighted by atomic mass is 10.1. The van der Waals surface area contributed by atoms with E-state index in [-0.39, 0.29) is 23.7 Å². The molecule has 10 nitrogen and oxygen atoms in total. The molecule has 0 aliphatic carbocycles. The molecule has 1 aliphatic rings. The van der Waals surface area contributed by atoms with Gasteiger partial charge in [0.05, 0.1) is 30.4 Å². The van der Waals surface area contributed by atoms with Gasteiger partial charge in [0.25, 0.3) is 5.69 Å². The molecule has 0 saturated heterocycles. The molecule has 150 valence electrons. The third kappa shape index (κ3) is 3.18. The highest BCUT2D eigenvalue weighted by Gasteiger charge is 2.26. The van der Waals surface area contributed by atoms with Gasteiger partial charge in [-0.1, -0.05) is 6.07 Å². The monoisotopic (exact) mass is 405 g/mol. The highest BCUT2D eigenvalue weighted by atomic mass is 16.6. The number of benzene rings is 2. The van der Waals surface area contributed by atoms with Crippen LogP contribution in [0.1, 0.15) is 17.2 Å². The van der Waals surface area contributed by atoms with Gasteiger partial charge in [0.2, 0.25) is 0 Å². The van der Waals surface area contributed by atoms with Crippen molar-refractivity contribution < 1.29 is 19.1 Å². The standard InChI is InChI=1S/C20H15N5O5/c1-28-17-5-3-12(8-18(17)29-2)7-13(10-21)20-23-22-19-11-30-16-6-4-14(25(26)27)9-15(16)24(19)20/h3-9H,11H2,1-2H3/b13-7+. The van der Waals surface area contributed by atoms with Crippen molar-refractivity contribution in [2.45, 2.75) is 6.61 Å². The van der Waals surface area contributed by atoms with Gasteiger partial charge in [-0.2, -0.15) is 5.26 Å². The van der Waals surface area contributed by atoms with E-state index in [0.717, 1.165) is 0 Å². The number of methoxy groups -OCH3 is 2. The summed E-state index contributed by atoms with van der Waals surface area (Å²) in [6.07, 6.45) is 1.63. The first-order chi connectivity index (χ1) is 14.5. The van der Waals surface area contributed by atoms with Gasteiger partial charge >= 0.3 is 0 Å². The van der Waals surface area contributed by atoms with Crippen molar-refractivity contribution in [3.63, 3.8) is 0 Å². The van der Waals surface area contributed by atoms with Gasteiger partial charge in [-0.15, -0.1) is 10.2 Å². The van der Waals surface area contributed by atoms with Crippen molar-refractivity contribution in [3.05, 3.63) is 63.7 Å². The zero-order valence-electron chi connectivity index (χ0n) is 16.0. The molecule has 0 N–H and O–H groups in total. The van der Waals surface area contributed by atoms with Crippen LogP contribution in [0.3, 0.4) is 0 Å². The summed E-state index contributed by atoms with van der Waals surface area (Å²) < 4.78 is 17.7. The van der Waals surface area contributed by atoms with Crippen LogP contribution in [0.2, 0.25) is 0 Å². The molecule has 2 heterocycles. The van der Waals surface area contributed by atoms with Crippen LogP contribution in [0.5, 0.6) is 17.2 Å². The predicted molar refractivity (Wildman–Crippen MR) is 105 cm³/mol. The van der Waals surface area contributed by atoms with Crippen molar-refractivity contribution in [1.29, 1.82) is 5.26 Å². The number of hydrogen-bond acceptors (Lipinski definition) is 8. The van der Waals surface area contributed by atoms with Gasteiger partial charge in [-0.05, 0) is 29.8 Å². The molecule has 0 radical (unpaired) electrons. The topological polar surface area (TPSA) is 125 Å². The molecule has 0 bridgehead atoms. The maximum atomic E-state index is 11.2. The van der Waals surface area contributed by atoms with Crippen molar-refractivity contribution in [3.8, 4) is 29.0 Å². The van der Waals surface area contributed by atoms with Crippen molar-refractivity contribution >= 4 is 17.3 Å². The second-order valence-corrected chi connectivity index (χ2v) is 6.26. The first kappa shape index (κ1) is 18.9. The summed E-state index contributed by atoms with van der Waals surface area (Å²) in [4.78, 5) is 10.7. The highest BCUT2D eigenvalue weighted by molar-refractivity contribution is 5.88. The number of fused-ring (bicyclic) bond motifs is 3. The Morgan fingerprint density at radius 1 is 1.23 bits per heavy atom. The van der Waals surface area contributed by atoms with E-state index in [1.807, 2.05) is 0 Å². The Kier molecular flexibility index (Phi) is 4.77. The summed E-state index contributed by atoms with van der Waals surface area (Å²) in [6.45, 7) is 0.132. The zero-order valence-corrected chi connectivity index (χ0v) is 16.0. The van der Waals surface area contributed by atoms with E-state index in [0.29, 0.717) is 34.3 Å². The molecule has 0 amide bonds. The molecule has 3 aromatic rings. The number of nitro groups is 1. The minimum atomic E-state index is -0.497. The quantitative estimate of drug-likeness (QED) is 0.360. The van der Waals surface area contributed by atoms with E-state index < -0.39 is 4.92 Å². The SMILES string of the molecule is COc1ccc(/C=C(\C#N)c2nnc3n2-c2cc([N+](=O)[O-])ccc2OC3)cc1OC. The Morgan fingerprint density at radius 3 is 2.73 bits per heavy atom. The number of nitriles is 1. The summed E-state index contributed by atoms with van der Waals surface area (Å²) in [6, 6.07) is 11.6. The van der Waals surface area contributed by atoms with Gasteiger partial charge in [-0.25, -0.2) is 0 Å². The molecule has 0 spiro atoms.